The van der Waals surface area contributed by atoms with Gasteiger partial charge in [-0.05, 0) is 35.9 Å². The summed E-state index contributed by atoms with van der Waals surface area (Å²) in [4.78, 5) is 17.8. The molecule has 3 aromatic rings. The Hall–Kier alpha value is -2.14. The normalized spacial score (nSPS) is 14.0. The first-order valence-corrected chi connectivity index (χ1v) is 8.70. The van der Waals surface area contributed by atoms with Crippen molar-refractivity contribution in [3.05, 3.63) is 69.6 Å². The van der Waals surface area contributed by atoms with Crippen LogP contribution in [0.1, 0.15) is 16.8 Å². The highest BCUT2D eigenvalue weighted by molar-refractivity contribution is 9.10. The molecule has 0 aliphatic carbocycles. The van der Waals surface area contributed by atoms with Crippen molar-refractivity contribution in [2.45, 2.75) is 19.4 Å². The summed E-state index contributed by atoms with van der Waals surface area (Å²) in [6.45, 7) is 1.27. The van der Waals surface area contributed by atoms with Crippen LogP contribution in [0.5, 0.6) is 0 Å². The number of benzene rings is 2. The van der Waals surface area contributed by atoms with Gasteiger partial charge < -0.3 is 9.88 Å². The Bertz CT molecular complexity index is 917. The first kappa shape index (κ1) is 15.4. The molecule has 1 aliphatic rings. The van der Waals surface area contributed by atoms with Gasteiger partial charge in [-0.15, -0.1) is 0 Å². The van der Waals surface area contributed by atoms with Crippen molar-refractivity contribution in [1.29, 1.82) is 0 Å². The quantitative estimate of drug-likeness (QED) is 0.703. The third-order valence-corrected chi connectivity index (χ3v) is 5.09. The van der Waals surface area contributed by atoms with E-state index >= 15 is 0 Å². The highest BCUT2D eigenvalue weighted by Crippen LogP contribution is 2.28. The van der Waals surface area contributed by atoms with Crippen LogP contribution in [0.25, 0.3) is 10.9 Å². The van der Waals surface area contributed by atoms with Crippen molar-refractivity contribution in [3.8, 4) is 0 Å². The van der Waals surface area contributed by atoms with Crippen LogP contribution in [0.15, 0.2) is 46.9 Å². The highest BCUT2D eigenvalue weighted by atomic mass is 79.9. The standard InChI is InChI=1S/C19H16BrFN2O/c20-13-3-1-12(2-4-13)9-19(24)23-8-7-17-16(11-23)15-6-5-14(21)10-18(15)22-17/h1-6,10,22H,7-9,11H2. The van der Waals surface area contributed by atoms with Gasteiger partial charge in [-0.3, -0.25) is 4.79 Å². The molecule has 24 heavy (non-hydrogen) atoms. The zero-order chi connectivity index (χ0) is 16.7. The third kappa shape index (κ3) is 2.84. The number of aromatic amines is 1. The maximum Gasteiger partial charge on any atom is 0.227 e. The Balaban J connectivity index is 1.56. The van der Waals surface area contributed by atoms with Gasteiger partial charge in [0.05, 0.1) is 6.42 Å². The summed E-state index contributed by atoms with van der Waals surface area (Å²) >= 11 is 3.40. The Morgan fingerprint density at radius 1 is 1.21 bits per heavy atom. The average molecular weight is 387 g/mol. The Morgan fingerprint density at radius 2 is 2.00 bits per heavy atom. The van der Waals surface area contributed by atoms with E-state index in [0.717, 1.165) is 38.6 Å². The molecule has 1 aliphatic heterocycles. The molecule has 5 heteroatoms. The number of hydrogen-bond donors (Lipinski definition) is 1. The van der Waals surface area contributed by atoms with Crippen molar-refractivity contribution >= 4 is 32.7 Å². The van der Waals surface area contributed by atoms with Gasteiger partial charge in [0.15, 0.2) is 0 Å². The summed E-state index contributed by atoms with van der Waals surface area (Å²) in [7, 11) is 0. The van der Waals surface area contributed by atoms with E-state index < -0.39 is 0 Å². The summed E-state index contributed by atoms with van der Waals surface area (Å²) in [6, 6.07) is 12.6. The lowest BCUT2D eigenvalue weighted by Gasteiger charge is -2.27. The molecule has 1 amide bonds. The number of H-pyrrole nitrogens is 1. The lowest BCUT2D eigenvalue weighted by atomic mass is 10.0. The van der Waals surface area contributed by atoms with Crippen LogP contribution in [0, 0.1) is 5.82 Å². The fourth-order valence-corrected chi connectivity index (χ4v) is 3.56. The fourth-order valence-electron chi connectivity index (χ4n) is 3.30. The van der Waals surface area contributed by atoms with Crippen molar-refractivity contribution in [1.82, 2.24) is 9.88 Å². The van der Waals surface area contributed by atoms with Crippen LogP contribution in [0.2, 0.25) is 0 Å². The molecule has 0 fully saturated rings. The zero-order valence-corrected chi connectivity index (χ0v) is 14.6. The van der Waals surface area contributed by atoms with E-state index in [4.69, 9.17) is 0 Å². The second-order valence-electron chi connectivity index (χ2n) is 6.14. The van der Waals surface area contributed by atoms with Gasteiger partial charge >= 0.3 is 0 Å². The van der Waals surface area contributed by atoms with Gasteiger partial charge in [0, 0.05) is 46.1 Å². The van der Waals surface area contributed by atoms with Gasteiger partial charge in [0.1, 0.15) is 5.82 Å². The molecule has 1 N–H and O–H groups in total. The first-order chi connectivity index (χ1) is 11.6. The number of nitrogens with one attached hydrogen (secondary N) is 1. The van der Waals surface area contributed by atoms with E-state index in [2.05, 4.69) is 20.9 Å². The predicted molar refractivity (Wildman–Crippen MR) is 95.2 cm³/mol. The first-order valence-electron chi connectivity index (χ1n) is 7.91. The monoisotopic (exact) mass is 386 g/mol. The average Bonchev–Trinajstić information content (AvgIpc) is 2.93. The van der Waals surface area contributed by atoms with E-state index in [9.17, 15) is 9.18 Å². The summed E-state index contributed by atoms with van der Waals surface area (Å²) in [5.41, 5.74) is 4.04. The Kier molecular flexibility index (Phi) is 3.88. The number of nitrogens with zero attached hydrogens (tertiary/aromatic N) is 1. The number of carbonyl (C=O) groups is 1. The van der Waals surface area contributed by atoms with E-state index in [1.165, 1.54) is 12.1 Å². The van der Waals surface area contributed by atoms with Gasteiger partial charge in [0.25, 0.3) is 0 Å². The lowest BCUT2D eigenvalue weighted by Crippen LogP contribution is -2.36. The topological polar surface area (TPSA) is 36.1 Å². The van der Waals surface area contributed by atoms with Gasteiger partial charge in [-0.2, -0.15) is 0 Å². The minimum Gasteiger partial charge on any atom is -0.358 e. The minimum atomic E-state index is -0.246. The zero-order valence-electron chi connectivity index (χ0n) is 13.0. The van der Waals surface area contributed by atoms with E-state index in [1.807, 2.05) is 29.2 Å². The van der Waals surface area contributed by atoms with Crippen LogP contribution in [0.4, 0.5) is 4.39 Å². The summed E-state index contributed by atoms with van der Waals surface area (Å²) < 4.78 is 14.4. The molecule has 0 radical (unpaired) electrons. The van der Waals surface area contributed by atoms with Crippen LogP contribution < -0.4 is 0 Å². The second-order valence-corrected chi connectivity index (χ2v) is 7.06. The number of hydrogen-bond acceptors (Lipinski definition) is 1. The Morgan fingerprint density at radius 3 is 2.79 bits per heavy atom. The maximum atomic E-state index is 13.4. The molecule has 4 rings (SSSR count). The smallest absolute Gasteiger partial charge is 0.227 e. The van der Waals surface area contributed by atoms with Crippen molar-refractivity contribution in [2.75, 3.05) is 6.54 Å². The SMILES string of the molecule is O=C(Cc1ccc(Br)cc1)N1CCc2[nH]c3cc(F)ccc3c2C1. The van der Waals surface area contributed by atoms with Crippen molar-refractivity contribution in [2.24, 2.45) is 0 Å². The van der Waals surface area contributed by atoms with Crippen molar-refractivity contribution < 1.29 is 9.18 Å². The van der Waals surface area contributed by atoms with E-state index in [0.29, 0.717) is 19.5 Å². The molecular formula is C19H16BrFN2O. The third-order valence-electron chi connectivity index (χ3n) is 4.56. The second kappa shape index (κ2) is 6.06. The van der Waals surface area contributed by atoms with Gasteiger partial charge in [-0.25, -0.2) is 4.39 Å². The lowest BCUT2D eigenvalue weighted by molar-refractivity contribution is -0.131. The highest BCUT2D eigenvalue weighted by Gasteiger charge is 2.24. The molecule has 122 valence electrons. The molecule has 0 saturated heterocycles. The van der Waals surface area contributed by atoms with Crippen LogP contribution >= 0.6 is 15.9 Å². The van der Waals surface area contributed by atoms with E-state index in [1.54, 1.807) is 6.07 Å². The number of amides is 1. The summed E-state index contributed by atoms with van der Waals surface area (Å²) in [5, 5.41) is 1.01. The molecule has 1 aromatic heterocycles. The molecular weight excluding hydrogens is 371 g/mol. The fraction of sp³-hybridized carbons (Fsp3) is 0.211. The Labute approximate surface area is 147 Å². The maximum absolute atomic E-state index is 13.4. The molecule has 2 aromatic carbocycles. The molecule has 0 atom stereocenters. The van der Waals surface area contributed by atoms with E-state index in [-0.39, 0.29) is 11.7 Å². The number of aromatic nitrogens is 1. The van der Waals surface area contributed by atoms with Crippen molar-refractivity contribution in [3.63, 3.8) is 0 Å². The largest absolute Gasteiger partial charge is 0.358 e. The number of rotatable bonds is 2. The van der Waals surface area contributed by atoms with Gasteiger partial charge in [-0.1, -0.05) is 28.1 Å². The number of halogens is 2. The molecule has 0 unspecified atom stereocenters. The minimum absolute atomic E-state index is 0.124. The van der Waals surface area contributed by atoms with Crippen LogP contribution in [-0.2, 0) is 24.2 Å². The molecule has 0 spiro atoms. The molecule has 0 bridgehead atoms. The predicted octanol–water partition coefficient (Wildman–Crippen LogP) is 4.20. The summed E-state index contributed by atoms with van der Waals surface area (Å²) in [5.74, 6) is -0.122. The van der Waals surface area contributed by atoms with Gasteiger partial charge in [0.2, 0.25) is 5.91 Å². The number of carbonyl (C=O) groups excluding carboxylic acids is 1. The van der Waals surface area contributed by atoms with Crippen LogP contribution in [0.3, 0.4) is 0 Å². The van der Waals surface area contributed by atoms with Crippen LogP contribution in [-0.4, -0.2) is 22.3 Å². The molecule has 3 nitrogen and oxygen atoms in total. The molecule has 2 heterocycles. The number of fused-ring (bicyclic) bond motifs is 3. The summed E-state index contributed by atoms with van der Waals surface area (Å²) in [6.07, 6.45) is 1.18. The molecule has 0 saturated carbocycles.